The van der Waals surface area contributed by atoms with Crippen LogP contribution in [0.15, 0.2) is 41.0 Å². The summed E-state index contributed by atoms with van der Waals surface area (Å²) in [6.45, 7) is 6.89. The van der Waals surface area contributed by atoms with Gasteiger partial charge < -0.3 is 4.42 Å². The summed E-state index contributed by atoms with van der Waals surface area (Å²) in [5.74, 6) is 0.575. The second-order valence-electron chi connectivity index (χ2n) is 6.34. The number of nitrogens with zero attached hydrogens (tertiary/aromatic N) is 4. The molecule has 124 valence electrons. The molecule has 1 saturated heterocycles. The average molecular weight is 343 g/mol. The van der Waals surface area contributed by atoms with Gasteiger partial charge in [0, 0.05) is 25.3 Å². The van der Waals surface area contributed by atoms with Gasteiger partial charge in [-0.1, -0.05) is 23.7 Å². The Kier molecular flexibility index (Phi) is 3.90. The summed E-state index contributed by atoms with van der Waals surface area (Å²) in [6, 6.07) is 10.2. The summed E-state index contributed by atoms with van der Waals surface area (Å²) in [5, 5.41) is 5.22. The predicted molar refractivity (Wildman–Crippen MR) is 93.0 cm³/mol. The van der Waals surface area contributed by atoms with Crippen molar-refractivity contribution in [1.82, 2.24) is 19.7 Å². The fourth-order valence-electron chi connectivity index (χ4n) is 3.21. The highest BCUT2D eigenvalue weighted by Crippen LogP contribution is 2.28. The number of aromatic nitrogens is 3. The number of aryl methyl sites for hydroxylation is 2. The third-order valence-electron chi connectivity index (χ3n) is 4.37. The minimum absolute atomic E-state index is 0.452. The van der Waals surface area contributed by atoms with Gasteiger partial charge in [0.25, 0.3) is 0 Å². The van der Waals surface area contributed by atoms with Gasteiger partial charge in [0.05, 0.1) is 28.0 Å². The SMILES string of the molecule is Cc1cc(C)n(C2CN(Cc3coc(-c4ccccc4Cl)n3)C2)n1. The van der Waals surface area contributed by atoms with Gasteiger partial charge in [-0.15, -0.1) is 0 Å². The van der Waals surface area contributed by atoms with Gasteiger partial charge in [-0.3, -0.25) is 9.58 Å². The largest absolute Gasteiger partial charge is 0.444 e. The topological polar surface area (TPSA) is 47.1 Å². The lowest BCUT2D eigenvalue weighted by Gasteiger charge is -2.39. The van der Waals surface area contributed by atoms with Crippen LogP contribution < -0.4 is 0 Å². The van der Waals surface area contributed by atoms with Crippen molar-refractivity contribution >= 4 is 11.6 Å². The Labute approximate surface area is 145 Å². The Balaban J connectivity index is 1.40. The van der Waals surface area contributed by atoms with Crippen molar-refractivity contribution in [3.05, 3.63) is 58.7 Å². The standard InChI is InChI=1S/C18H19ClN4O/c1-12-7-13(2)23(21-12)15-9-22(10-15)8-14-11-24-18(20-14)16-5-3-4-6-17(16)19/h3-7,11,15H,8-10H2,1-2H3. The molecule has 0 saturated carbocycles. The maximum absolute atomic E-state index is 6.20. The Morgan fingerprint density at radius 1 is 1.25 bits per heavy atom. The molecule has 6 heteroatoms. The molecule has 3 aromatic rings. The zero-order valence-corrected chi connectivity index (χ0v) is 14.5. The lowest BCUT2D eigenvalue weighted by molar-refractivity contribution is 0.0880. The number of oxazole rings is 1. The van der Waals surface area contributed by atoms with Crippen LogP contribution in [-0.2, 0) is 6.54 Å². The maximum atomic E-state index is 6.20. The molecule has 24 heavy (non-hydrogen) atoms. The molecule has 0 spiro atoms. The Morgan fingerprint density at radius 2 is 2.04 bits per heavy atom. The molecular formula is C18H19ClN4O. The van der Waals surface area contributed by atoms with E-state index in [9.17, 15) is 0 Å². The Bertz CT molecular complexity index is 864. The number of hydrogen-bond acceptors (Lipinski definition) is 4. The molecule has 3 heterocycles. The lowest BCUT2D eigenvalue weighted by atomic mass is 10.1. The third kappa shape index (κ3) is 2.85. The minimum atomic E-state index is 0.452. The first-order valence-electron chi connectivity index (χ1n) is 8.04. The average Bonchev–Trinajstić information content (AvgIpc) is 3.09. The molecule has 1 aliphatic heterocycles. The van der Waals surface area contributed by atoms with Crippen LogP contribution in [0.2, 0.25) is 5.02 Å². The Hall–Kier alpha value is -2.11. The van der Waals surface area contributed by atoms with Crippen molar-refractivity contribution in [2.75, 3.05) is 13.1 Å². The monoisotopic (exact) mass is 342 g/mol. The molecule has 1 aromatic carbocycles. The molecule has 5 nitrogen and oxygen atoms in total. The molecule has 0 atom stereocenters. The molecule has 0 amide bonds. The quantitative estimate of drug-likeness (QED) is 0.722. The summed E-state index contributed by atoms with van der Waals surface area (Å²) in [6.07, 6.45) is 1.72. The van der Waals surface area contributed by atoms with Crippen molar-refractivity contribution in [3.8, 4) is 11.5 Å². The second-order valence-corrected chi connectivity index (χ2v) is 6.75. The van der Waals surface area contributed by atoms with Gasteiger partial charge in [-0.05, 0) is 32.0 Å². The molecule has 0 aliphatic carbocycles. The number of halogens is 1. The van der Waals surface area contributed by atoms with E-state index in [2.05, 4.69) is 32.7 Å². The van der Waals surface area contributed by atoms with E-state index in [1.54, 1.807) is 6.26 Å². The van der Waals surface area contributed by atoms with E-state index in [0.29, 0.717) is 17.0 Å². The fourth-order valence-corrected chi connectivity index (χ4v) is 3.43. The highest BCUT2D eigenvalue weighted by molar-refractivity contribution is 6.33. The van der Waals surface area contributed by atoms with Crippen LogP contribution in [0.25, 0.3) is 11.5 Å². The normalized spacial score (nSPS) is 15.6. The molecule has 2 aromatic heterocycles. The summed E-state index contributed by atoms with van der Waals surface area (Å²) >= 11 is 6.20. The number of rotatable bonds is 4. The number of likely N-dealkylation sites (tertiary alicyclic amines) is 1. The van der Waals surface area contributed by atoms with Gasteiger partial charge in [-0.2, -0.15) is 5.10 Å². The molecule has 0 radical (unpaired) electrons. The van der Waals surface area contributed by atoms with Gasteiger partial charge in [-0.25, -0.2) is 4.98 Å². The summed E-state index contributed by atoms with van der Waals surface area (Å²) in [5.41, 5.74) is 4.05. The van der Waals surface area contributed by atoms with Crippen molar-refractivity contribution < 1.29 is 4.42 Å². The van der Waals surface area contributed by atoms with E-state index in [-0.39, 0.29) is 0 Å². The molecule has 0 bridgehead atoms. The maximum Gasteiger partial charge on any atom is 0.227 e. The van der Waals surface area contributed by atoms with Gasteiger partial charge >= 0.3 is 0 Å². The van der Waals surface area contributed by atoms with E-state index in [4.69, 9.17) is 16.0 Å². The molecule has 1 fully saturated rings. The van der Waals surface area contributed by atoms with E-state index in [1.165, 1.54) is 5.69 Å². The van der Waals surface area contributed by atoms with Crippen LogP contribution in [0, 0.1) is 13.8 Å². The van der Waals surface area contributed by atoms with Crippen LogP contribution in [0.1, 0.15) is 23.1 Å². The van der Waals surface area contributed by atoms with E-state index < -0.39 is 0 Å². The molecule has 0 N–H and O–H groups in total. The zero-order valence-electron chi connectivity index (χ0n) is 13.7. The summed E-state index contributed by atoms with van der Waals surface area (Å²) in [4.78, 5) is 6.91. The summed E-state index contributed by atoms with van der Waals surface area (Å²) in [7, 11) is 0. The fraction of sp³-hybridized carbons (Fsp3) is 0.333. The van der Waals surface area contributed by atoms with Crippen LogP contribution in [0.4, 0.5) is 0 Å². The van der Waals surface area contributed by atoms with Crippen LogP contribution in [0.5, 0.6) is 0 Å². The first kappa shape index (κ1) is 15.4. The summed E-state index contributed by atoms with van der Waals surface area (Å²) < 4.78 is 7.72. The highest BCUT2D eigenvalue weighted by Gasteiger charge is 2.30. The zero-order chi connectivity index (χ0) is 16.7. The first-order chi connectivity index (χ1) is 11.6. The van der Waals surface area contributed by atoms with Crippen molar-refractivity contribution in [1.29, 1.82) is 0 Å². The van der Waals surface area contributed by atoms with Crippen LogP contribution in [-0.4, -0.2) is 32.8 Å². The molecule has 0 unspecified atom stereocenters. The molecular weight excluding hydrogens is 324 g/mol. The van der Waals surface area contributed by atoms with Crippen molar-refractivity contribution in [2.24, 2.45) is 0 Å². The van der Waals surface area contributed by atoms with Gasteiger partial charge in [0.15, 0.2) is 0 Å². The molecule has 4 rings (SSSR count). The smallest absolute Gasteiger partial charge is 0.227 e. The second kappa shape index (κ2) is 6.07. The Morgan fingerprint density at radius 3 is 2.75 bits per heavy atom. The van der Waals surface area contributed by atoms with E-state index in [0.717, 1.165) is 36.6 Å². The van der Waals surface area contributed by atoms with Crippen molar-refractivity contribution in [3.63, 3.8) is 0 Å². The minimum Gasteiger partial charge on any atom is -0.444 e. The van der Waals surface area contributed by atoms with Crippen LogP contribution in [0.3, 0.4) is 0 Å². The van der Waals surface area contributed by atoms with E-state index in [1.807, 2.05) is 31.2 Å². The predicted octanol–water partition coefficient (Wildman–Crippen LogP) is 3.87. The van der Waals surface area contributed by atoms with Crippen LogP contribution >= 0.6 is 11.6 Å². The molecule has 1 aliphatic rings. The highest BCUT2D eigenvalue weighted by atomic mass is 35.5. The number of hydrogen-bond donors (Lipinski definition) is 0. The lowest BCUT2D eigenvalue weighted by Crippen LogP contribution is -2.47. The van der Waals surface area contributed by atoms with Crippen molar-refractivity contribution in [2.45, 2.75) is 26.4 Å². The van der Waals surface area contributed by atoms with Gasteiger partial charge in [0.1, 0.15) is 6.26 Å². The van der Waals surface area contributed by atoms with Gasteiger partial charge in [0.2, 0.25) is 5.89 Å². The van der Waals surface area contributed by atoms with E-state index >= 15 is 0 Å². The first-order valence-corrected chi connectivity index (χ1v) is 8.42. The third-order valence-corrected chi connectivity index (χ3v) is 4.70. The number of benzene rings is 1.